The second-order valence-electron chi connectivity index (χ2n) is 4.07. The average molecular weight is 272 g/mol. The minimum absolute atomic E-state index is 0.140. The second kappa shape index (κ2) is 7.20. The number of para-hydroxylation sites is 2. The number of nitrogens with one attached hydrogen (secondary N) is 2. The second-order valence-corrected chi connectivity index (χ2v) is 4.07. The van der Waals surface area contributed by atoms with Gasteiger partial charge in [0.2, 0.25) is 5.91 Å². The van der Waals surface area contributed by atoms with E-state index in [2.05, 4.69) is 20.8 Å². The van der Waals surface area contributed by atoms with Gasteiger partial charge in [0.25, 0.3) is 0 Å². The third-order valence-electron chi connectivity index (χ3n) is 2.60. The first-order valence-corrected chi connectivity index (χ1v) is 6.20. The highest BCUT2D eigenvalue weighted by Gasteiger charge is 2.06. The summed E-state index contributed by atoms with van der Waals surface area (Å²) in [6, 6.07) is 10.9. The van der Waals surface area contributed by atoms with Crippen molar-refractivity contribution in [2.24, 2.45) is 0 Å². The smallest absolute Gasteiger partial charge is 0.238 e. The number of nitrogens with zero attached hydrogens (tertiary/aromatic N) is 2. The number of amides is 1. The maximum atomic E-state index is 11.8. The van der Waals surface area contributed by atoms with Gasteiger partial charge in [0, 0.05) is 12.7 Å². The van der Waals surface area contributed by atoms with Crippen molar-refractivity contribution in [2.45, 2.75) is 6.54 Å². The van der Waals surface area contributed by atoms with Gasteiger partial charge >= 0.3 is 0 Å². The Morgan fingerprint density at radius 3 is 2.85 bits per heavy atom. The van der Waals surface area contributed by atoms with E-state index in [0.717, 1.165) is 5.69 Å². The molecule has 1 aromatic heterocycles. The number of anilines is 1. The molecule has 1 heterocycles. The fraction of sp³-hybridized carbons (Fsp3) is 0.214. The predicted molar refractivity (Wildman–Crippen MR) is 75.4 cm³/mol. The van der Waals surface area contributed by atoms with Crippen LogP contribution in [0.2, 0.25) is 0 Å². The number of hydrogen-bond acceptors (Lipinski definition) is 5. The minimum Gasteiger partial charge on any atom is -0.495 e. The average Bonchev–Trinajstić information content (AvgIpc) is 2.49. The highest BCUT2D eigenvalue weighted by Crippen LogP contribution is 2.22. The Morgan fingerprint density at radius 2 is 2.10 bits per heavy atom. The van der Waals surface area contributed by atoms with E-state index in [9.17, 15) is 4.79 Å². The van der Waals surface area contributed by atoms with Gasteiger partial charge in [0.1, 0.15) is 5.75 Å². The lowest BCUT2D eigenvalue weighted by Crippen LogP contribution is -2.28. The fourth-order valence-corrected chi connectivity index (χ4v) is 1.67. The lowest BCUT2D eigenvalue weighted by Gasteiger charge is -2.10. The standard InChI is InChI=1S/C14H16N4O2/c1-20-13-7-3-2-6-12(13)17-14(19)10-15-9-11-5-4-8-16-18-11/h2-8,15H,9-10H2,1H3,(H,17,19). The van der Waals surface area contributed by atoms with Gasteiger partial charge in [0.05, 0.1) is 25.0 Å². The Labute approximate surface area is 117 Å². The molecule has 2 N–H and O–H groups in total. The first-order chi connectivity index (χ1) is 9.79. The summed E-state index contributed by atoms with van der Waals surface area (Å²) in [6.45, 7) is 0.682. The van der Waals surface area contributed by atoms with Crippen molar-refractivity contribution in [3.05, 3.63) is 48.3 Å². The maximum absolute atomic E-state index is 11.8. The van der Waals surface area contributed by atoms with Crippen molar-refractivity contribution in [1.29, 1.82) is 0 Å². The largest absolute Gasteiger partial charge is 0.495 e. The molecular weight excluding hydrogens is 256 g/mol. The Bertz CT molecular complexity index is 560. The number of aromatic nitrogens is 2. The zero-order chi connectivity index (χ0) is 14.2. The summed E-state index contributed by atoms with van der Waals surface area (Å²) < 4.78 is 5.17. The van der Waals surface area contributed by atoms with Gasteiger partial charge in [-0.15, -0.1) is 0 Å². The van der Waals surface area contributed by atoms with Crippen LogP contribution in [-0.2, 0) is 11.3 Å². The van der Waals surface area contributed by atoms with Crippen LogP contribution in [0.25, 0.3) is 0 Å². The van der Waals surface area contributed by atoms with Crippen LogP contribution in [-0.4, -0.2) is 29.8 Å². The van der Waals surface area contributed by atoms with E-state index in [1.165, 1.54) is 0 Å². The number of hydrogen-bond donors (Lipinski definition) is 2. The number of benzene rings is 1. The molecule has 0 saturated heterocycles. The van der Waals surface area contributed by atoms with Gasteiger partial charge < -0.3 is 15.4 Å². The monoisotopic (exact) mass is 272 g/mol. The van der Waals surface area contributed by atoms with Crippen LogP contribution in [0.4, 0.5) is 5.69 Å². The van der Waals surface area contributed by atoms with Gasteiger partial charge in [-0.05, 0) is 24.3 Å². The van der Waals surface area contributed by atoms with E-state index >= 15 is 0 Å². The third-order valence-corrected chi connectivity index (χ3v) is 2.60. The molecule has 0 aliphatic carbocycles. The number of ether oxygens (including phenoxy) is 1. The first kappa shape index (κ1) is 14.0. The topological polar surface area (TPSA) is 76.1 Å². The molecule has 0 aliphatic rings. The molecular formula is C14H16N4O2. The van der Waals surface area contributed by atoms with Crippen molar-refractivity contribution < 1.29 is 9.53 Å². The van der Waals surface area contributed by atoms with E-state index in [0.29, 0.717) is 18.0 Å². The van der Waals surface area contributed by atoms with Crippen molar-refractivity contribution in [1.82, 2.24) is 15.5 Å². The molecule has 104 valence electrons. The van der Waals surface area contributed by atoms with E-state index in [-0.39, 0.29) is 12.5 Å². The lowest BCUT2D eigenvalue weighted by atomic mass is 10.3. The molecule has 1 amide bonds. The molecule has 2 rings (SSSR count). The van der Waals surface area contributed by atoms with Crippen LogP contribution in [0, 0.1) is 0 Å². The number of carbonyl (C=O) groups is 1. The summed E-state index contributed by atoms with van der Waals surface area (Å²) in [5, 5.41) is 13.5. The molecule has 0 bridgehead atoms. The molecule has 6 nitrogen and oxygen atoms in total. The summed E-state index contributed by atoms with van der Waals surface area (Å²) in [5.74, 6) is 0.494. The molecule has 0 atom stereocenters. The van der Waals surface area contributed by atoms with Gasteiger partial charge in [-0.3, -0.25) is 4.79 Å². The zero-order valence-electron chi connectivity index (χ0n) is 11.2. The van der Waals surface area contributed by atoms with Crippen molar-refractivity contribution in [3.63, 3.8) is 0 Å². The van der Waals surface area contributed by atoms with Crippen molar-refractivity contribution in [2.75, 3.05) is 19.0 Å². The summed E-state index contributed by atoms with van der Waals surface area (Å²) >= 11 is 0. The summed E-state index contributed by atoms with van der Waals surface area (Å²) in [7, 11) is 1.57. The molecule has 0 aliphatic heterocycles. The highest BCUT2D eigenvalue weighted by atomic mass is 16.5. The van der Waals surface area contributed by atoms with Crippen LogP contribution in [0.15, 0.2) is 42.6 Å². The van der Waals surface area contributed by atoms with E-state index in [1.54, 1.807) is 31.5 Å². The van der Waals surface area contributed by atoms with Crippen LogP contribution in [0.1, 0.15) is 5.69 Å². The lowest BCUT2D eigenvalue weighted by molar-refractivity contribution is -0.115. The van der Waals surface area contributed by atoms with Crippen LogP contribution >= 0.6 is 0 Å². The molecule has 2 aromatic rings. The van der Waals surface area contributed by atoms with E-state index in [1.807, 2.05) is 18.2 Å². The molecule has 6 heteroatoms. The molecule has 1 aromatic carbocycles. The Kier molecular flexibility index (Phi) is 5.02. The quantitative estimate of drug-likeness (QED) is 0.826. The minimum atomic E-state index is -0.140. The SMILES string of the molecule is COc1ccccc1NC(=O)CNCc1cccnn1. The number of methoxy groups -OCH3 is 1. The first-order valence-electron chi connectivity index (χ1n) is 6.20. The predicted octanol–water partition coefficient (Wildman–Crippen LogP) is 1.21. The Balaban J connectivity index is 1.81. The van der Waals surface area contributed by atoms with Crippen molar-refractivity contribution in [3.8, 4) is 5.75 Å². The van der Waals surface area contributed by atoms with Gasteiger partial charge in [-0.1, -0.05) is 12.1 Å². The van der Waals surface area contributed by atoms with E-state index < -0.39 is 0 Å². The summed E-state index contributed by atoms with van der Waals surface area (Å²) in [5.41, 5.74) is 1.44. The van der Waals surface area contributed by atoms with Gasteiger partial charge in [-0.25, -0.2) is 0 Å². The number of rotatable bonds is 6. The van der Waals surface area contributed by atoms with Crippen LogP contribution in [0.3, 0.4) is 0 Å². The Hall–Kier alpha value is -2.47. The molecule has 0 unspecified atom stereocenters. The molecule has 0 spiro atoms. The normalized spacial score (nSPS) is 10.1. The van der Waals surface area contributed by atoms with Gasteiger partial charge in [0.15, 0.2) is 0 Å². The maximum Gasteiger partial charge on any atom is 0.238 e. The molecule has 20 heavy (non-hydrogen) atoms. The van der Waals surface area contributed by atoms with Crippen LogP contribution < -0.4 is 15.4 Å². The van der Waals surface area contributed by atoms with E-state index in [4.69, 9.17) is 4.74 Å². The Morgan fingerprint density at radius 1 is 1.25 bits per heavy atom. The molecule has 0 fully saturated rings. The fourth-order valence-electron chi connectivity index (χ4n) is 1.67. The molecule has 0 saturated carbocycles. The van der Waals surface area contributed by atoms with Crippen molar-refractivity contribution >= 4 is 11.6 Å². The highest BCUT2D eigenvalue weighted by molar-refractivity contribution is 5.93. The zero-order valence-corrected chi connectivity index (χ0v) is 11.2. The third kappa shape index (κ3) is 4.03. The number of carbonyl (C=O) groups excluding carboxylic acids is 1. The molecule has 0 radical (unpaired) electrons. The summed E-state index contributed by atoms with van der Waals surface area (Å²) in [4.78, 5) is 11.8. The van der Waals surface area contributed by atoms with Crippen LogP contribution in [0.5, 0.6) is 5.75 Å². The summed E-state index contributed by atoms with van der Waals surface area (Å²) in [6.07, 6.45) is 1.61. The van der Waals surface area contributed by atoms with Gasteiger partial charge in [-0.2, -0.15) is 10.2 Å².